The smallest absolute Gasteiger partial charge is 0.263 e. The van der Waals surface area contributed by atoms with E-state index in [-0.39, 0.29) is 17.2 Å². The van der Waals surface area contributed by atoms with Crippen LogP contribution in [0.15, 0.2) is 20.5 Å². The molecule has 1 aliphatic rings. The van der Waals surface area contributed by atoms with Gasteiger partial charge in [-0.05, 0) is 44.6 Å². The molecule has 3 heterocycles. The van der Waals surface area contributed by atoms with Crippen molar-refractivity contribution in [3.63, 3.8) is 0 Å². The van der Waals surface area contributed by atoms with Gasteiger partial charge in [0.05, 0.1) is 11.1 Å². The summed E-state index contributed by atoms with van der Waals surface area (Å²) in [6, 6.07) is 1.66. The highest BCUT2D eigenvalue weighted by molar-refractivity contribution is 7.99. The number of aryl methyl sites for hydroxylation is 2. The highest BCUT2D eigenvalue weighted by atomic mass is 32.2. The minimum Gasteiger partial charge on any atom is -0.360 e. The Balaban J connectivity index is 1.60. The van der Waals surface area contributed by atoms with E-state index < -0.39 is 0 Å². The van der Waals surface area contributed by atoms with Crippen molar-refractivity contribution in [3.8, 4) is 0 Å². The van der Waals surface area contributed by atoms with Crippen molar-refractivity contribution in [3.05, 3.63) is 32.6 Å². The zero-order chi connectivity index (χ0) is 19.8. The summed E-state index contributed by atoms with van der Waals surface area (Å²) in [5.41, 5.74) is 1.20. The zero-order valence-electron chi connectivity index (χ0n) is 16.1. The predicted molar refractivity (Wildman–Crippen MR) is 111 cm³/mol. The first-order valence-corrected chi connectivity index (χ1v) is 11.2. The Bertz CT molecular complexity index is 1100. The van der Waals surface area contributed by atoms with Crippen LogP contribution in [0, 0.1) is 12.8 Å². The summed E-state index contributed by atoms with van der Waals surface area (Å²) < 4.78 is 6.62. The van der Waals surface area contributed by atoms with Crippen molar-refractivity contribution in [1.29, 1.82) is 0 Å². The van der Waals surface area contributed by atoms with Crippen molar-refractivity contribution < 1.29 is 9.32 Å². The van der Waals surface area contributed by atoms with Gasteiger partial charge in [-0.2, -0.15) is 0 Å². The van der Waals surface area contributed by atoms with Crippen LogP contribution >= 0.6 is 23.1 Å². The summed E-state index contributed by atoms with van der Waals surface area (Å²) in [4.78, 5) is 32.2. The lowest BCUT2D eigenvalue weighted by Crippen LogP contribution is -2.24. The molecule has 0 saturated heterocycles. The quantitative estimate of drug-likeness (QED) is 0.503. The van der Waals surface area contributed by atoms with E-state index in [2.05, 4.69) is 17.4 Å². The van der Waals surface area contributed by atoms with Crippen molar-refractivity contribution in [2.75, 3.05) is 11.1 Å². The van der Waals surface area contributed by atoms with Crippen molar-refractivity contribution in [2.45, 2.75) is 51.7 Å². The summed E-state index contributed by atoms with van der Waals surface area (Å²) in [5, 5.41) is 7.81. The number of amides is 1. The van der Waals surface area contributed by atoms with Gasteiger partial charge in [0.25, 0.3) is 5.56 Å². The fourth-order valence-corrected chi connectivity index (χ4v) is 5.82. The van der Waals surface area contributed by atoms with Crippen LogP contribution in [0.5, 0.6) is 0 Å². The molecule has 1 N–H and O–H groups in total. The molecular formula is C19H22N4O3S2. The van der Waals surface area contributed by atoms with Gasteiger partial charge in [0.2, 0.25) is 5.91 Å². The van der Waals surface area contributed by atoms with E-state index in [0.717, 1.165) is 29.5 Å². The largest absolute Gasteiger partial charge is 0.360 e. The topological polar surface area (TPSA) is 90.0 Å². The molecule has 1 atom stereocenters. The highest BCUT2D eigenvalue weighted by Gasteiger charge is 2.24. The third-order valence-corrected chi connectivity index (χ3v) is 7.05. The van der Waals surface area contributed by atoms with Gasteiger partial charge >= 0.3 is 0 Å². The second kappa shape index (κ2) is 7.71. The predicted octanol–water partition coefficient (Wildman–Crippen LogP) is 3.63. The van der Waals surface area contributed by atoms with Crippen LogP contribution in [-0.2, 0) is 24.2 Å². The maximum absolute atomic E-state index is 13.1. The van der Waals surface area contributed by atoms with Crippen molar-refractivity contribution in [2.24, 2.45) is 5.92 Å². The van der Waals surface area contributed by atoms with E-state index >= 15 is 0 Å². The van der Waals surface area contributed by atoms with E-state index in [0.29, 0.717) is 29.2 Å². The van der Waals surface area contributed by atoms with E-state index in [1.165, 1.54) is 22.2 Å². The molecule has 0 aliphatic heterocycles. The number of carbonyl (C=O) groups excluding carboxylic acids is 1. The Morgan fingerprint density at radius 1 is 1.50 bits per heavy atom. The molecule has 0 aromatic carbocycles. The van der Waals surface area contributed by atoms with Crippen LogP contribution in [0.3, 0.4) is 0 Å². The van der Waals surface area contributed by atoms with E-state index in [1.807, 2.05) is 6.92 Å². The first-order chi connectivity index (χ1) is 13.5. The summed E-state index contributed by atoms with van der Waals surface area (Å²) in [6.07, 6.45) is 3.08. The molecule has 4 rings (SSSR count). The second-order valence-corrected chi connectivity index (χ2v) is 9.16. The molecule has 148 valence electrons. The molecule has 0 bridgehead atoms. The van der Waals surface area contributed by atoms with Gasteiger partial charge in [0.15, 0.2) is 11.0 Å². The van der Waals surface area contributed by atoms with E-state index in [1.54, 1.807) is 28.9 Å². The molecule has 1 aliphatic carbocycles. The Morgan fingerprint density at radius 2 is 2.32 bits per heavy atom. The van der Waals surface area contributed by atoms with Crippen LogP contribution in [0.2, 0.25) is 0 Å². The minimum atomic E-state index is -0.213. The normalized spacial score (nSPS) is 16.3. The van der Waals surface area contributed by atoms with Gasteiger partial charge in [-0.3, -0.25) is 14.2 Å². The molecule has 3 aromatic rings. The SMILES string of the molecule is CCn1c(SCC(=O)Nc2cc(C)on2)nc2sc3c(c2c1=O)CC[C@@H](C)C3. The lowest BCUT2D eigenvalue weighted by Gasteiger charge is -2.17. The summed E-state index contributed by atoms with van der Waals surface area (Å²) >= 11 is 2.90. The standard InChI is InChI=1S/C19H22N4O3S2/c1-4-23-18(25)16-12-6-5-10(2)7-13(12)28-17(16)21-19(23)27-9-15(24)20-14-8-11(3)26-22-14/h8,10H,4-7,9H2,1-3H3,(H,20,22,24)/t10-/m1/s1. The number of hydrogen-bond donors (Lipinski definition) is 1. The van der Waals surface area contributed by atoms with Gasteiger partial charge in [0.1, 0.15) is 10.6 Å². The first kappa shape index (κ1) is 19.2. The highest BCUT2D eigenvalue weighted by Crippen LogP contribution is 2.36. The van der Waals surface area contributed by atoms with Crippen LogP contribution in [0.4, 0.5) is 5.82 Å². The number of carbonyl (C=O) groups is 1. The van der Waals surface area contributed by atoms with Crippen LogP contribution < -0.4 is 10.9 Å². The minimum absolute atomic E-state index is 0.00888. The Kier molecular flexibility index (Phi) is 5.29. The fraction of sp³-hybridized carbons (Fsp3) is 0.474. The molecule has 0 unspecified atom stereocenters. The molecule has 0 saturated carbocycles. The molecular weight excluding hydrogens is 396 g/mol. The number of anilines is 1. The van der Waals surface area contributed by atoms with Gasteiger partial charge in [-0.15, -0.1) is 11.3 Å². The summed E-state index contributed by atoms with van der Waals surface area (Å²) in [7, 11) is 0. The van der Waals surface area contributed by atoms with Crippen molar-refractivity contribution >= 4 is 45.0 Å². The summed E-state index contributed by atoms with van der Waals surface area (Å²) in [6.45, 7) is 6.46. The third-order valence-electron chi connectivity index (χ3n) is 4.92. The number of thiophene rings is 1. The molecule has 7 nitrogen and oxygen atoms in total. The number of rotatable bonds is 5. The summed E-state index contributed by atoms with van der Waals surface area (Å²) in [5.74, 6) is 1.60. The number of nitrogens with one attached hydrogen (secondary N) is 1. The molecule has 28 heavy (non-hydrogen) atoms. The zero-order valence-corrected chi connectivity index (χ0v) is 17.7. The molecule has 9 heteroatoms. The average molecular weight is 419 g/mol. The number of thioether (sulfide) groups is 1. The molecule has 0 fully saturated rings. The number of fused-ring (bicyclic) bond motifs is 3. The maximum Gasteiger partial charge on any atom is 0.263 e. The van der Waals surface area contributed by atoms with E-state index in [4.69, 9.17) is 9.51 Å². The van der Waals surface area contributed by atoms with Crippen molar-refractivity contribution in [1.82, 2.24) is 14.7 Å². The average Bonchev–Trinajstić information content (AvgIpc) is 3.22. The number of aromatic nitrogens is 3. The maximum atomic E-state index is 13.1. The van der Waals surface area contributed by atoms with Gasteiger partial charge < -0.3 is 9.84 Å². The molecule has 1 amide bonds. The van der Waals surface area contributed by atoms with Gasteiger partial charge in [-0.25, -0.2) is 4.98 Å². The Morgan fingerprint density at radius 3 is 3.04 bits per heavy atom. The molecule has 3 aromatic heterocycles. The number of hydrogen-bond acceptors (Lipinski definition) is 7. The molecule has 0 radical (unpaired) electrons. The Labute approximate surface area is 170 Å². The van der Waals surface area contributed by atoms with Crippen LogP contribution in [-0.4, -0.2) is 26.4 Å². The Hall–Kier alpha value is -2.13. The monoisotopic (exact) mass is 418 g/mol. The lowest BCUT2D eigenvalue weighted by atomic mass is 9.89. The van der Waals surface area contributed by atoms with Gasteiger partial charge in [0, 0.05) is 17.5 Å². The van der Waals surface area contributed by atoms with Crippen LogP contribution in [0.25, 0.3) is 10.2 Å². The number of nitrogens with zero attached hydrogens (tertiary/aromatic N) is 3. The van der Waals surface area contributed by atoms with Crippen LogP contribution in [0.1, 0.15) is 36.5 Å². The van der Waals surface area contributed by atoms with Gasteiger partial charge in [-0.1, -0.05) is 23.8 Å². The lowest BCUT2D eigenvalue weighted by molar-refractivity contribution is -0.113. The first-order valence-electron chi connectivity index (χ1n) is 9.37. The molecule has 0 spiro atoms. The third kappa shape index (κ3) is 3.60. The fourth-order valence-electron chi connectivity index (χ4n) is 3.53. The van der Waals surface area contributed by atoms with E-state index in [9.17, 15) is 9.59 Å². The second-order valence-electron chi connectivity index (χ2n) is 7.14.